The number of nitrogens with zero attached hydrogens (tertiary/aromatic N) is 2. The molecule has 5 nitrogen and oxygen atoms in total. The summed E-state index contributed by atoms with van der Waals surface area (Å²) in [5.41, 5.74) is 0. The SMILES string of the molecule is COCCNCc1nccn1CCCOc1ccccc1. The molecule has 0 radical (unpaired) electrons. The number of benzene rings is 1. The summed E-state index contributed by atoms with van der Waals surface area (Å²) in [5, 5.41) is 3.31. The summed E-state index contributed by atoms with van der Waals surface area (Å²) in [5.74, 6) is 1.97. The lowest BCUT2D eigenvalue weighted by Gasteiger charge is -2.10. The van der Waals surface area contributed by atoms with Gasteiger partial charge in [0.25, 0.3) is 0 Å². The van der Waals surface area contributed by atoms with Gasteiger partial charge in [-0.2, -0.15) is 0 Å². The van der Waals surface area contributed by atoms with Crippen molar-refractivity contribution in [2.24, 2.45) is 0 Å². The van der Waals surface area contributed by atoms with Crippen molar-refractivity contribution >= 4 is 0 Å². The van der Waals surface area contributed by atoms with Crippen LogP contribution in [0.1, 0.15) is 12.2 Å². The van der Waals surface area contributed by atoms with Gasteiger partial charge in [-0.25, -0.2) is 4.98 Å². The molecule has 1 heterocycles. The lowest BCUT2D eigenvalue weighted by Crippen LogP contribution is -2.21. The van der Waals surface area contributed by atoms with Gasteiger partial charge in [0.05, 0.1) is 19.8 Å². The van der Waals surface area contributed by atoms with Crippen LogP contribution in [0.15, 0.2) is 42.7 Å². The van der Waals surface area contributed by atoms with E-state index < -0.39 is 0 Å². The molecule has 0 amide bonds. The molecule has 1 aromatic carbocycles. The van der Waals surface area contributed by atoms with Gasteiger partial charge in [0.15, 0.2) is 0 Å². The molecule has 1 aromatic heterocycles. The second kappa shape index (κ2) is 9.15. The zero-order valence-corrected chi connectivity index (χ0v) is 12.5. The number of hydrogen-bond donors (Lipinski definition) is 1. The van der Waals surface area contributed by atoms with Crippen LogP contribution in [-0.2, 0) is 17.8 Å². The smallest absolute Gasteiger partial charge is 0.122 e. The molecule has 0 saturated carbocycles. The van der Waals surface area contributed by atoms with E-state index in [1.54, 1.807) is 7.11 Å². The van der Waals surface area contributed by atoms with Gasteiger partial charge in [-0.3, -0.25) is 0 Å². The van der Waals surface area contributed by atoms with Crippen molar-refractivity contribution < 1.29 is 9.47 Å². The summed E-state index contributed by atoms with van der Waals surface area (Å²) in [6.45, 7) is 3.93. The minimum absolute atomic E-state index is 0.707. The maximum Gasteiger partial charge on any atom is 0.122 e. The van der Waals surface area contributed by atoms with Crippen molar-refractivity contribution in [3.8, 4) is 5.75 Å². The Bertz CT molecular complexity index is 499. The summed E-state index contributed by atoms with van der Waals surface area (Å²) >= 11 is 0. The number of hydrogen-bond acceptors (Lipinski definition) is 4. The minimum atomic E-state index is 0.707. The first-order valence-electron chi connectivity index (χ1n) is 7.27. The number of methoxy groups -OCH3 is 1. The lowest BCUT2D eigenvalue weighted by molar-refractivity contribution is 0.198. The maximum absolute atomic E-state index is 5.69. The molecular formula is C16H23N3O2. The van der Waals surface area contributed by atoms with E-state index in [0.29, 0.717) is 13.2 Å². The molecule has 0 unspecified atom stereocenters. The van der Waals surface area contributed by atoms with E-state index in [0.717, 1.165) is 37.6 Å². The Morgan fingerprint density at radius 1 is 1.19 bits per heavy atom. The first kappa shape index (κ1) is 15.5. The van der Waals surface area contributed by atoms with Gasteiger partial charge in [0.1, 0.15) is 11.6 Å². The topological polar surface area (TPSA) is 48.3 Å². The number of para-hydroxylation sites is 1. The van der Waals surface area contributed by atoms with Gasteiger partial charge < -0.3 is 19.4 Å². The largest absolute Gasteiger partial charge is 0.494 e. The van der Waals surface area contributed by atoms with Gasteiger partial charge in [0, 0.05) is 32.6 Å². The molecule has 114 valence electrons. The number of ether oxygens (including phenoxy) is 2. The van der Waals surface area contributed by atoms with E-state index in [2.05, 4.69) is 14.9 Å². The highest BCUT2D eigenvalue weighted by Crippen LogP contribution is 2.09. The molecule has 0 aliphatic heterocycles. The molecule has 0 bridgehead atoms. The molecule has 2 aromatic rings. The van der Waals surface area contributed by atoms with Gasteiger partial charge in [-0.1, -0.05) is 18.2 Å². The van der Waals surface area contributed by atoms with Gasteiger partial charge in [-0.15, -0.1) is 0 Å². The Labute approximate surface area is 125 Å². The van der Waals surface area contributed by atoms with Crippen molar-refractivity contribution in [1.29, 1.82) is 0 Å². The van der Waals surface area contributed by atoms with Crippen LogP contribution in [0.3, 0.4) is 0 Å². The third-order valence-electron chi connectivity index (χ3n) is 3.12. The average molecular weight is 289 g/mol. The lowest BCUT2D eigenvalue weighted by atomic mass is 10.3. The molecular weight excluding hydrogens is 266 g/mol. The summed E-state index contributed by atoms with van der Waals surface area (Å²) < 4.78 is 12.9. The normalized spacial score (nSPS) is 10.7. The number of imidazole rings is 1. The Hall–Kier alpha value is -1.85. The van der Waals surface area contributed by atoms with Crippen molar-refractivity contribution in [2.45, 2.75) is 19.5 Å². The van der Waals surface area contributed by atoms with Crippen LogP contribution >= 0.6 is 0 Å². The van der Waals surface area contributed by atoms with E-state index in [-0.39, 0.29) is 0 Å². The van der Waals surface area contributed by atoms with E-state index in [1.165, 1.54) is 0 Å². The van der Waals surface area contributed by atoms with Crippen LogP contribution in [-0.4, -0.2) is 36.4 Å². The molecule has 0 saturated heterocycles. The molecule has 0 atom stereocenters. The number of aromatic nitrogens is 2. The number of nitrogens with one attached hydrogen (secondary N) is 1. The number of rotatable bonds is 10. The molecule has 2 rings (SSSR count). The molecule has 21 heavy (non-hydrogen) atoms. The Morgan fingerprint density at radius 2 is 2.05 bits per heavy atom. The number of aryl methyl sites for hydroxylation is 1. The van der Waals surface area contributed by atoms with Crippen molar-refractivity contribution in [2.75, 3.05) is 26.9 Å². The van der Waals surface area contributed by atoms with Crippen LogP contribution < -0.4 is 10.1 Å². The fourth-order valence-electron chi connectivity index (χ4n) is 2.03. The maximum atomic E-state index is 5.69. The van der Waals surface area contributed by atoms with E-state index in [4.69, 9.17) is 9.47 Å². The highest BCUT2D eigenvalue weighted by Gasteiger charge is 2.02. The monoisotopic (exact) mass is 289 g/mol. The Balaban J connectivity index is 1.67. The first-order valence-corrected chi connectivity index (χ1v) is 7.27. The van der Waals surface area contributed by atoms with E-state index in [9.17, 15) is 0 Å². The Kier molecular flexibility index (Phi) is 6.77. The van der Waals surface area contributed by atoms with Gasteiger partial charge in [0.2, 0.25) is 0 Å². The minimum Gasteiger partial charge on any atom is -0.494 e. The second-order valence-corrected chi connectivity index (χ2v) is 4.72. The summed E-state index contributed by atoms with van der Waals surface area (Å²) in [6.07, 6.45) is 4.80. The molecule has 1 N–H and O–H groups in total. The van der Waals surface area contributed by atoms with Crippen molar-refractivity contribution in [1.82, 2.24) is 14.9 Å². The van der Waals surface area contributed by atoms with Crippen molar-refractivity contribution in [3.05, 3.63) is 48.5 Å². The summed E-state index contributed by atoms with van der Waals surface area (Å²) in [4.78, 5) is 4.37. The standard InChI is InChI=1S/C16H23N3O2/c1-20-13-9-17-14-16-18-8-11-19(16)10-5-12-21-15-6-3-2-4-7-15/h2-4,6-8,11,17H,5,9-10,12-14H2,1H3. The van der Waals surface area contributed by atoms with Crippen molar-refractivity contribution in [3.63, 3.8) is 0 Å². The molecule has 0 spiro atoms. The fraction of sp³-hybridized carbons (Fsp3) is 0.438. The zero-order chi connectivity index (χ0) is 14.8. The van der Waals surface area contributed by atoms with Crippen LogP contribution in [0.25, 0.3) is 0 Å². The first-order chi connectivity index (χ1) is 10.4. The van der Waals surface area contributed by atoms with E-state index in [1.807, 2.05) is 42.7 Å². The average Bonchev–Trinajstić information content (AvgIpc) is 2.97. The fourth-order valence-corrected chi connectivity index (χ4v) is 2.03. The third kappa shape index (κ3) is 5.57. The van der Waals surface area contributed by atoms with Crippen LogP contribution in [0, 0.1) is 0 Å². The van der Waals surface area contributed by atoms with Crippen LogP contribution in [0.2, 0.25) is 0 Å². The quantitative estimate of drug-likeness (QED) is 0.680. The Morgan fingerprint density at radius 3 is 2.86 bits per heavy atom. The molecule has 0 aliphatic carbocycles. The van der Waals surface area contributed by atoms with Crippen LogP contribution in [0.4, 0.5) is 0 Å². The summed E-state index contributed by atoms with van der Waals surface area (Å²) in [7, 11) is 1.70. The van der Waals surface area contributed by atoms with Gasteiger partial charge in [-0.05, 0) is 18.6 Å². The third-order valence-corrected chi connectivity index (χ3v) is 3.12. The summed E-state index contributed by atoms with van der Waals surface area (Å²) in [6, 6.07) is 9.90. The van der Waals surface area contributed by atoms with Crippen LogP contribution in [0.5, 0.6) is 5.75 Å². The second-order valence-electron chi connectivity index (χ2n) is 4.72. The zero-order valence-electron chi connectivity index (χ0n) is 12.5. The molecule has 5 heteroatoms. The highest BCUT2D eigenvalue weighted by atomic mass is 16.5. The van der Waals surface area contributed by atoms with Gasteiger partial charge >= 0.3 is 0 Å². The van der Waals surface area contributed by atoms with E-state index >= 15 is 0 Å². The predicted molar refractivity (Wildman–Crippen MR) is 82.4 cm³/mol. The molecule has 0 aliphatic rings. The molecule has 0 fully saturated rings. The highest BCUT2D eigenvalue weighted by molar-refractivity contribution is 5.20. The predicted octanol–water partition coefficient (Wildman–Crippen LogP) is 2.09.